The zero-order chi connectivity index (χ0) is 31.8. The molecule has 14 heteroatoms. The Bertz CT molecular complexity index is 1550. The van der Waals surface area contributed by atoms with Crippen LogP contribution >= 0.6 is 0 Å². The molecule has 3 aliphatic heterocycles. The topological polar surface area (TPSA) is 94.7 Å². The molecular weight excluding hydrogens is 597 g/mol. The van der Waals surface area contributed by atoms with Crippen LogP contribution in [0.1, 0.15) is 42.4 Å². The number of halogens is 5. The highest BCUT2D eigenvalue weighted by Crippen LogP contribution is 2.37. The van der Waals surface area contributed by atoms with Gasteiger partial charge >= 0.3 is 6.18 Å². The fourth-order valence-corrected chi connectivity index (χ4v) is 6.25. The van der Waals surface area contributed by atoms with E-state index in [1.807, 2.05) is 12.1 Å². The molecular formula is C31H34F5N7O2. The van der Waals surface area contributed by atoms with Crippen LogP contribution in [-0.2, 0) is 23.9 Å². The predicted molar refractivity (Wildman–Crippen MR) is 160 cm³/mol. The maximum atomic E-state index is 13.9. The third-order valence-electron chi connectivity index (χ3n) is 8.73. The van der Waals surface area contributed by atoms with E-state index in [0.717, 1.165) is 43.4 Å². The lowest BCUT2D eigenvalue weighted by Gasteiger charge is -2.42. The molecule has 0 spiro atoms. The van der Waals surface area contributed by atoms with Gasteiger partial charge in [0, 0.05) is 75.2 Å². The van der Waals surface area contributed by atoms with Gasteiger partial charge in [-0.05, 0) is 42.2 Å². The monoisotopic (exact) mass is 631 g/mol. The largest absolute Gasteiger partial charge is 0.494 e. The summed E-state index contributed by atoms with van der Waals surface area (Å²) in [5, 5.41) is 8.51. The number of benzene rings is 2. The molecule has 2 aromatic carbocycles. The van der Waals surface area contributed by atoms with Gasteiger partial charge in [0.1, 0.15) is 17.1 Å². The van der Waals surface area contributed by atoms with Crippen LogP contribution in [0.5, 0.6) is 5.75 Å². The van der Waals surface area contributed by atoms with Crippen molar-refractivity contribution in [3.05, 3.63) is 59.3 Å². The van der Waals surface area contributed by atoms with Crippen LogP contribution in [0.4, 0.5) is 50.8 Å². The highest BCUT2D eigenvalue weighted by Gasteiger charge is 2.37. The number of alkyl halides is 5. The highest BCUT2D eigenvalue weighted by atomic mass is 19.4. The van der Waals surface area contributed by atoms with Gasteiger partial charge in [0.2, 0.25) is 11.9 Å². The summed E-state index contributed by atoms with van der Waals surface area (Å²) in [5.74, 6) is -2.72. The van der Waals surface area contributed by atoms with Crippen LogP contribution in [0, 0.1) is 0 Å². The Labute approximate surface area is 257 Å². The fourth-order valence-electron chi connectivity index (χ4n) is 6.25. The van der Waals surface area contributed by atoms with Crippen LogP contribution in [0.25, 0.3) is 0 Å². The second-order valence-electron chi connectivity index (χ2n) is 11.6. The number of hydrogen-bond donors (Lipinski definition) is 3. The lowest BCUT2D eigenvalue weighted by Crippen LogP contribution is -2.49. The first kappa shape index (κ1) is 30.8. The van der Waals surface area contributed by atoms with E-state index in [-0.39, 0.29) is 43.7 Å². The molecule has 4 heterocycles. The molecule has 0 saturated carbocycles. The Kier molecular flexibility index (Phi) is 8.42. The van der Waals surface area contributed by atoms with Gasteiger partial charge in [-0.2, -0.15) is 18.2 Å². The average Bonchev–Trinajstić information content (AvgIpc) is 3.40. The van der Waals surface area contributed by atoms with Crippen LogP contribution in [-0.4, -0.2) is 66.0 Å². The quantitative estimate of drug-likeness (QED) is 0.259. The molecule has 0 unspecified atom stereocenters. The molecule has 3 aliphatic rings. The fraction of sp³-hybridized carbons (Fsp3) is 0.452. The van der Waals surface area contributed by atoms with E-state index in [1.165, 1.54) is 7.11 Å². The molecule has 45 heavy (non-hydrogen) atoms. The van der Waals surface area contributed by atoms with Crippen LogP contribution in [0.15, 0.2) is 42.6 Å². The molecule has 2 saturated heterocycles. The van der Waals surface area contributed by atoms with Crippen molar-refractivity contribution in [2.45, 2.75) is 56.8 Å². The molecule has 3 aromatic rings. The molecule has 0 atom stereocenters. The summed E-state index contributed by atoms with van der Waals surface area (Å²) in [6.45, 7) is 2.39. The number of likely N-dealkylation sites (tertiary alicyclic amines) is 1. The van der Waals surface area contributed by atoms with Crippen molar-refractivity contribution >= 4 is 34.7 Å². The van der Waals surface area contributed by atoms with Crippen molar-refractivity contribution in [2.24, 2.45) is 0 Å². The Hall–Kier alpha value is -4.20. The van der Waals surface area contributed by atoms with E-state index < -0.39 is 23.5 Å². The summed E-state index contributed by atoms with van der Waals surface area (Å²) in [6, 6.07) is 11.0. The smallest absolute Gasteiger partial charge is 0.421 e. The van der Waals surface area contributed by atoms with Gasteiger partial charge in [0.25, 0.3) is 5.92 Å². The Morgan fingerprint density at radius 2 is 1.84 bits per heavy atom. The summed E-state index contributed by atoms with van der Waals surface area (Å²) >= 11 is 0. The number of rotatable bonds is 8. The van der Waals surface area contributed by atoms with E-state index in [1.54, 1.807) is 24.3 Å². The van der Waals surface area contributed by atoms with E-state index >= 15 is 0 Å². The predicted octanol–water partition coefficient (Wildman–Crippen LogP) is 6.05. The zero-order valence-electron chi connectivity index (χ0n) is 24.7. The molecule has 2 fully saturated rings. The maximum absolute atomic E-state index is 13.9. The molecule has 6 rings (SSSR count). The van der Waals surface area contributed by atoms with Crippen molar-refractivity contribution in [1.29, 1.82) is 0 Å². The third kappa shape index (κ3) is 6.90. The third-order valence-corrected chi connectivity index (χ3v) is 8.73. The molecule has 0 aliphatic carbocycles. The summed E-state index contributed by atoms with van der Waals surface area (Å²) in [6.07, 6.45) is -2.26. The number of carbonyl (C=O) groups is 1. The molecule has 1 aromatic heterocycles. The number of nitrogens with zero attached hydrogens (tertiary/aromatic N) is 4. The molecule has 0 bridgehead atoms. The normalized spacial score (nSPS) is 18.8. The minimum absolute atomic E-state index is 0.0244. The molecule has 1 amide bonds. The number of ether oxygens (including phenoxy) is 1. The minimum atomic E-state index is -4.69. The molecule has 3 N–H and O–H groups in total. The number of fused-ring (bicyclic) bond motifs is 1. The second-order valence-corrected chi connectivity index (χ2v) is 11.6. The van der Waals surface area contributed by atoms with Gasteiger partial charge in [0.05, 0.1) is 19.2 Å². The van der Waals surface area contributed by atoms with E-state index in [4.69, 9.17) is 4.74 Å². The number of aromatic nitrogens is 2. The molecule has 9 nitrogen and oxygen atoms in total. The van der Waals surface area contributed by atoms with Crippen LogP contribution in [0.3, 0.4) is 0 Å². The summed E-state index contributed by atoms with van der Waals surface area (Å²) in [7, 11) is 1.50. The van der Waals surface area contributed by atoms with Gasteiger partial charge in [-0.15, -0.1) is 0 Å². The number of piperidine rings is 2. The number of nitrogens with one attached hydrogen (secondary N) is 3. The summed E-state index contributed by atoms with van der Waals surface area (Å²) in [4.78, 5) is 24.3. The first-order valence-electron chi connectivity index (χ1n) is 14.9. The number of carbonyl (C=O) groups excluding carboxylic acids is 1. The minimum Gasteiger partial charge on any atom is -0.494 e. The molecule has 240 valence electrons. The van der Waals surface area contributed by atoms with Gasteiger partial charge in [-0.25, -0.2) is 13.8 Å². The summed E-state index contributed by atoms with van der Waals surface area (Å²) < 4.78 is 74.3. The lowest BCUT2D eigenvalue weighted by atomic mass is 9.98. The number of amides is 1. The van der Waals surface area contributed by atoms with E-state index in [0.29, 0.717) is 35.8 Å². The lowest BCUT2D eigenvalue weighted by molar-refractivity contribution is -0.137. The first-order valence-corrected chi connectivity index (χ1v) is 14.9. The van der Waals surface area contributed by atoms with Gasteiger partial charge in [-0.3, -0.25) is 9.69 Å². The van der Waals surface area contributed by atoms with Crippen molar-refractivity contribution in [3.63, 3.8) is 0 Å². The van der Waals surface area contributed by atoms with Crippen molar-refractivity contribution in [2.75, 3.05) is 54.1 Å². The average molecular weight is 632 g/mol. The Balaban J connectivity index is 1.14. The van der Waals surface area contributed by atoms with Gasteiger partial charge in [0.15, 0.2) is 0 Å². The zero-order valence-corrected chi connectivity index (χ0v) is 24.7. The standard InChI is InChI=1S/C31H34F5N7O2/c1-45-26-15-21(42-11-7-20(8-12-42)43-13-9-30(32,33)10-14-43)5-6-25(26)40-29-38-18-23(31(34,35)36)28(41-29)37-17-19-3-2-4-24-22(19)16-27(44)39-24/h2-6,15,18,20H,7-14,16-17H2,1H3,(H,39,44)(H2,37,38,40,41). The first-order chi connectivity index (χ1) is 21.5. The Morgan fingerprint density at radius 3 is 2.56 bits per heavy atom. The summed E-state index contributed by atoms with van der Waals surface area (Å²) in [5.41, 5.74) is 2.45. The van der Waals surface area contributed by atoms with Crippen LogP contribution in [0.2, 0.25) is 0 Å². The maximum Gasteiger partial charge on any atom is 0.421 e. The SMILES string of the molecule is COc1cc(N2CCC(N3CCC(F)(F)CC3)CC2)ccc1Nc1ncc(C(F)(F)F)c(NCc2cccc3c2CC(=O)N3)n1. The van der Waals surface area contributed by atoms with Crippen molar-refractivity contribution in [1.82, 2.24) is 14.9 Å². The van der Waals surface area contributed by atoms with Crippen molar-refractivity contribution in [3.8, 4) is 5.75 Å². The van der Waals surface area contributed by atoms with E-state index in [9.17, 15) is 26.7 Å². The Morgan fingerprint density at radius 1 is 1.09 bits per heavy atom. The number of methoxy groups -OCH3 is 1. The second kappa shape index (κ2) is 12.3. The molecule has 0 radical (unpaired) electrons. The van der Waals surface area contributed by atoms with Crippen LogP contribution < -0.4 is 25.6 Å². The van der Waals surface area contributed by atoms with Gasteiger partial charge in [-0.1, -0.05) is 12.1 Å². The van der Waals surface area contributed by atoms with E-state index in [2.05, 4.69) is 35.7 Å². The van der Waals surface area contributed by atoms with Crippen molar-refractivity contribution < 1.29 is 31.5 Å². The number of hydrogen-bond acceptors (Lipinski definition) is 8. The highest BCUT2D eigenvalue weighted by molar-refractivity contribution is 5.99. The van der Waals surface area contributed by atoms with Gasteiger partial charge < -0.3 is 25.6 Å². The number of anilines is 5.